The predicted octanol–water partition coefficient (Wildman–Crippen LogP) is 5.73. The van der Waals surface area contributed by atoms with Gasteiger partial charge in [-0.05, 0) is 113 Å². The molecule has 0 heterocycles. The fourth-order valence-electron chi connectivity index (χ4n) is 6.30. The molecule has 0 aromatic carbocycles. The molecule has 0 aromatic rings. The van der Waals surface area contributed by atoms with Crippen LogP contribution < -0.4 is 0 Å². The van der Waals surface area contributed by atoms with Crippen molar-refractivity contribution in [2.45, 2.75) is 89.9 Å². The van der Waals surface area contributed by atoms with Gasteiger partial charge in [0.2, 0.25) is 0 Å². The standard InChI is InChI=1S/C32H48O8/c1-3-29(33)37-19-25-9-13-27(14-10-25)21-39-31(35)17-23-5-7-24(8-6-23)18-32(36)40-22-28-15-11-26(12-16-28)20-38-30(34)4-2/h3-4,23-28H,1-2,5-22H2. The SMILES string of the molecule is C=CC(=O)OCC1CCC(COC(=O)CC2CCC(CC(=O)OCC3CCC(COC(=O)C=C)CC3)CC2)CC1. The van der Waals surface area contributed by atoms with E-state index in [1.54, 1.807) is 0 Å². The summed E-state index contributed by atoms with van der Waals surface area (Å²) in [4.78, 5) is 47.3. The molecular weight excluding hydrogens is 512 g/mol. The molecule has 224 valence electrons. The number of ether oxygens (including phenoxy) is 4. The molecule has 0 atom stereocenters. The third-order valence-corrected chi connectivity index (χ3v) is 9.03. The molecule has 40 heavy (non-hydrogen) atoms. The quantitative estimate of drug-likeness (QED) is 0.151. The van der Waals surface area contributed by atoms with Gasteiger partial charge in [0.25, 0.3) is 0 Å². The third kappa shape index (κ3) is 11.8. The van der Waals surface area contributed by atoms with E-state index in [0.717, 1.165) is 77.0 Å². The molecule has 0 saturated heterocycles. The fourth-order valence-corrected chi connectivity index (χ4v) is 6.30. The van der Waals surface area contributed by atoms with Crippen molar-refractivity contribution in [1.82, 2.24) is 0 Å². The second-order valence-electron chi connectivity index (χ2n) is 12.1. The van der Waals surface area contributed by atoms with Gasteiger partial charge in [-0.1, -0.05) is 13.2 Å². The molecule has 3 fully saturated rings. The van der Waals surface area contributed by atoms with Crippen LogP contribution in [0.5, 0.6) is 0 Å². The summed E-state index contributed by atoms with van der Waals surface area (Å²) in [5, 5.41) is 0. The van der Waals surface area contributed by atoms with Crippen molar-refractivity contribution in [1.29, 1.82) is 0 Å². The molecule has 3 saturated carbocycles. The first kappa shape index (κ1) is 31.9. The molecule has 0 spiro atoms. The summed E-state index contributed by atoms with van der Waals surface area (Å²) in [6, 6.07) is 0. The second-order valence-corrected chi connectivity index (χ2v) is 12.1. The molecule has 0 aliphatic heterocycles. The Morgan fingerprint density at radius 1 is 0.450 bits per heavy atom. The van der Waals surface area contributed by atoms with Gasteiger partial charge in [0.1, 0.15) is 0 Å². The van der Waals surface area contributed by atoms with E-state index in [4.69, 9.17) is 18.9 Å². The summed E-state index contributed by atoms with van der Waals surface area (Å²) in [6.45, 7) is 8.66. The molecule has 8 nitrogen and oxygen atoms in total. The molecular formula is C32H48O8. The summed E-state index contributed by atoms with van der Waals surface area (Å²) in [7, 11) is 0. The Kier molecular flexibility index (Phi) is 13.7. The van der Waals surface area contributed by atoms with E-state index in [9.17, 15) is 19.2 Å². The smallest absolute Gasteiger partial charge is 0.330 e. The van der Waals surface area contributed by atoms with Crippen molar-refractivity contribution >= 4 is 23.9 Å². The summed E-state index contributed by atoms with van der Waals surface area (Å²) in [5.41, 5.74) is 0. The number of hydrogen-bond acceptors (Lipinski definition) is 8. The highest BCUT2D eigenvalue weighted by molar-refractivity contribution is 5.81. The van der Waals surface area contributed by atoms with Crippen molar-refractivity contribution in [2.75, 3.05) is 26.4 Å². The zero-order valence-corrected chi connectivity index (χ0v) is 24.0. The Labute approximate surface area is 239 Å². The Bertz CT molecular complexity index is 773. The Balaban J connectivity index is 1.20. The van der Waals surface area contributed by atoms with E-state index < -0.39 is 0 Å². The largest absolute Gasteiger partial charge is 0.465 e. The first-order chi connectivity index (χ1) is 19.3. The van der Waals surface area contributed by atoms with Crippen LogP contribution in [0.2, 0.25) is 0 Å². The van der Waals surface area contributed by atoms with Gasteiger partial charge in [0, 0.05) is 25.0 Å². The molecule has 0 unspecified atom stereocenters. The topological polar surface area (TPSA) is 105 Å². The first-order valence-corrected chi connectivity index (χ1v) is 15.2. The maximum Gasteiger partial charge on any atom is 0.330 e. The van der Waals surface area contributed by atoms with Crippen LogP contribution in [0.15, 0.2) is 25.3 Å². The summed E-state index contributed by atoms with van der Waals surface area (Å²) >= 11 is 0. The number of rotatable bonds is 14. The van der Waals surface area contributed by atoms with Gasteiger partial charge in [0.05, 0.1) is 26.4 Å². The number of esters is 4. The van der Waals surface area contributed by atoms with Crippen LogP contribution in [0.3, 0.4) is 0 Å². The molecule has 0 radical (unpaired) electrons. The van der Waals surface area contributed by atoms with E-state index in [2.05, 4.69) is 13.2 Å². The van der Waals surface area contributed by atoms with Gasteiger partial charge < -0.3 is 18.9 Å². The molecule has 0 bridgehead atoms. The Hall–Kier alpha value is -2.64. The number of carbonyl (C=O) groups is 4. The number of carbonyl (C=O) groups excluding carboxylic acids is 4. The van der Waals surface area contributed by atoms with Crippen LogP contribution in [0.1, 0.15) is 89.9 Å². The minimum atomic E-state index is -0.373. The summed E-state index contributed by atoms with van der Waals surface area (Å²) in [5.74, 6) is 1.21. The molecule has 8 heteroatoms. The van der Waals surface area contributed by atoms with Crippen molar-refractivity contribution in [3.63, 3.8) is 0 Å². The highest BCUT2D eigenvalue weighted by atomic mass is 16.5. The zero-order chi connectivity index (χ0) is 28.7. The van der Waals surface area contributed by atoms with E-state index in [1.165, 1.54) is 12.2 Å². The van der Waals surface area contributed by atoms with Gasteiger partial charge in [-0.3, -0.25) is 9.59 Å². The average Bonchev–Trinajstić information content (AvgIpc) is 2.98. The minimum absolute atomic E-state index is 0.113. The summed E-state index contributed by atoms with van der Waals surface area (Å²) < 4.78 is 21.5. The normalized spacial score (nSPS) is 28.5. The van der Waals surface area contributed by atoms with Gasteiger partial charge in [-0.2, -0.15) is 0 Å². The van der Waals surface area contributed by atoms with Crippen LogP contribution in [0.25, 0.3) is 0 Å². The van der Waals surface area contributed by atoms with Gasteiger partial charge >= 0.3 is 23.9 Å². The lowest BCUT2D eigenvalue weighted by Crippen LogP contribution is -2.25. The maximum atomic E-state index is 12.4. The lowest BCUT2D eigenvalue weighted by molar-refractivity contribution is -0.149. The third-order valence-electron chi connectivity index (χ3n) is 9.03. The molecule has 3 aliphatic rings. The monoisotopic (exact) mass is 560 g/mol. The van der Waals surface area contributed by atoms with Crippen LogP contribution >= 0.6 is 0 Å². The van der Waals surface area contributed by atoms with Crippen molar-refractivity contribution < 1.29 is 38.1 Å². The molecule has 0 aromatic heterocycles. The highest BCUT2D eigenvalue weighted by Crippen LogP contribution is 2.34. The van der Waals surface area contributed by atoms with Crippen LogP contribution in [-0.2, 0) is 38.1 Å². The van der Waals surface area contributed by atoms with Crippen molar-refractivity contribution in [3.8, 4) is 0 Å². The lowest BCUT2D eigenvalue weighted by Gasteiger charge is -2.29. The lowest BCUT2D eigenvalue weighted by atomic mass is 9.79. The van der Waals surface area contributed by atoms with Crippen LogP contribution in [0, 0.1) is 35.5 Å². The highest BCUT2D eigenvalue weighted by Gasteiger charge is 2.28. The van der Waals surface area contributed by atoms with Crippen LogP contribution in [-0.4, -0.2) is 50.3 Å². The maximum absolute atomic E-state index is 12.4. The molecule has 3 aliphatic carbocycles. The van der Waals surface area contributed by atoms with Gasteiger partial charge in [0.15, 0.2) is 0 Å². The number of hydrogen-bond donors (Lipinski definition) is 0. The summed E-state index contributed by atoms with van der Waals surface area (Å²) in [6.07, 6.45) is 14.9. The van der Waals surface area contributed by atoms with Crippen molar-refractivity contribution in [2.24, 2.45) is 35.5 Å². The van der Waals surface area contributed by atoms with E-state index in [1.807, 2.05) is 0 Å². The van der Waals surface area contributed by atoms with E-state index >= 15 is 0 Å². The van der Waals surface area contributed by atoms with Crippen molar-refractivity contribution in [3.05, 3.63) is 25.3 Å². The Morgan fingerprint density at radius 3 is 0.975 bits per heavy atom. The van der Waals surface area contributed by atoms with Crippen LogP contribution in [0.4, 0.5) is 0 Å². The fraction of sp³-hybridized carbons (Fsp3) is 0.750. The van der Waals surface area contributed by atoms with Gasteiger partial charge in [-0.15, -0.1) is 0 Å². The molecule has 3 rings (SSSR count). The average molecular weight is 561 g/mol. The predicted molar refractivity (Wildman–Crippen MR) is 150 cm³/mol. The zero-order valence-electron chi connectivity index (χ0n) is 24.0. The van der Waals surface area contributed by atoms with E-state index in [0.29, 0.717) is 74.8 Å². The molecule has 0 amide bonds. The van der Waals surface area contributed by atoms with E-state index in [-0.39, 0.29) is 23.9 Å². The molecule has 0 N–H and O–H groups in total. The minimum Gasteiger partial charge on any atom is -0.465 e. The second kappa shape index (κ2) is 17.2. The van der Waals surface area contributed by atoms with Gasteiger partial charge in [-0.25, -0.2) is 9.59 Å². The first-order valence-electron chi connectivity index (χ1n) is 15.2. The Morgan fingerprint density at radius 2 is 0.700 bits per heavy atom.